The third kappa shape index (κ3) is 4.57. The SMILES string of the molecule is CC(OCc1ccccc1)C1C(=O)N(S(=O)(=O)Cl)C1O[Si](C)(C)C. The van der Waals surface area contributed by atoms with Gasteiger partial charge in [0.1, 0.15) is 5.92 Å². The molecule has 3 atom stereocenters. The maximum atomic E-state index is 12.3. The van der Waals surface area contributed by atoms with E-state index in [-0.39, 0.29) is 0 Å². The fourth-order valence-corrected chi connectivity index (χ4v) is 4.76. The zero-order valence-corrected chi connectivity index (χ0v) is 16.7. The fraction of sp³-hybridized carbons (Fsp3) is 0.533. The van der Waals surface area contributed by atoms with Crippen LogP contribution in [0.4, 0.5) is 0 Å². The van der Waals surface area contributed by atoms with E-state index in [1.807, 2.05) is 50.0 Å². The number of benzene rings is 1. The molecule has 0 radical (unpaired) electrons. The van der Waals surface area contributed by atoms with Gasteiger partial charge in [-0.3, -0.25) is 4.79 Å². The van der Waals surface area contributed by atoms with E-state index in [4.69, 9.17) is 19.8 Å². The molecule has 0 saturated carbocycles. The molecular formula is C15H22ClNO5SSi. The minimum Gasteiger partial charge on any atom is -0.396 e. The normalized spacial score (nSPS) is 23.0. The average Bonchev–Trinajstić information content (AvgIpc) is 2.42. The molecule has 1 heterocycles. The van der Waals surface area contributed by atoms with E-state index in [1.54, 1.807) is 6.92 Å². The molecule has 6 nitrogen and oxygen atoms in total. The van der Waals surface area contributed by atoms with E-state index < -0.39 is 41.7 Å². The number of halogens is 1. The van der Waals surface area contributed by atoms with Crippen LogP contribution < -0.4 is 0 Å². The van der Waals surface area contributed by atoms with Crippen molar-refractivity contribution in [3.05, 3.63) is 35.9 Å². The summed E-state index contributed by atoms with van der Waals surface area (Å²) in [6, 6.07) is 9.54. The van der Waals surface area contributed by atoms with Crippen LogP contribution in [0.25, 0.3) is 0 Å². The number of amides is 1. The van der Waals surface area contributed by atoms with Crippen LogP contribution in [0.1, 0.15) is 12.5 Å². The van der Waals surface area contributed by atoms with E-state index >= 15 is 0 Å². The van der Waals surface area contributed by atoms with Crippen LogP contribution in [-0.2, 0) is 29.8 Å². The van der Waals surface area contributed by atoms with Gasteiger partial charge in [-0.1, -0.05) is 30.3 Å². The third-order valence-electron chi connectivity index (χ3n) is 3.61. The number of carbonyl (C=O) groups excluding carboxylic acids is 1. The van der Waals surface area contributed by atoms with Crippen molar-refractivity contribution in [2.24, 2.45) is 5.92 Å². The van der Waals surface area contributed by atoms with E-state index in [1.165, 1.54) is 0 Å². The van der Waals surface area contributed by atoms with Crippen molar-refractivity contribution in [3.8, 4) is 0 Å². The van der Waals surface area contributed by atoms with Gasteiger partial charge < -0.3 is 9.16 Å². The summed E-state index contributed by atoms with van der Waals surface area (Å²) in [5.74, 6) is -1.28. The van der Waals surface area contributed by atoms with Crippen molar-refractivity contribution in [2.75, 3.05) is 0 Å². The Morgan fingerprint density at radius 3 is 2.33 bits per heavy atom. The monoisotopic (exact) mass is 391 g/mol. The first-order chi connectivity index (χ1) is 11.0. The van der Waals surface area contributed by atoms with Gasteiger partial charge in [0.05, 0.1) is 12.7 Å². The van der Waals surface area contributed by atoms with Crippen LogP contribution >= 0.6 is 10.7 Å². The molecule has 1 aromatic carbocycles. The predicted octanol–water partition coefficient (Wildman–Crippen LogP) is 2.71. The van der Waals surface area contributed by atoms with Gasteiger partial charge in [0.15, 0.2) is 14.5 Å². The molecule has 1 aliphatic rings. The summed E-state index contributed by atoms with van der Waals surface area (Å²) in [4.78, 5) is 12.3. The summed E-state index contributed by atoms with van der Waals surface area (Å²) in [6.07, 6.45) is -1.40. The summed E-state index contributed by atoms with van der Waals surface area (Å²) in [7, 11) is -0.892. The molecule has 0 aliphatic carbocycles. The molecule has 0 bridgehead atoms. The third-order valence-corrected chi connectivity index (χ3v) is 5.86. The summed E-state index contributed by atoms with van der Waals surface area (Å²) in [6.45, 7) is 7.83. The maximum absolute atomic E-state index is 12.3. The largest absolute Gasteiger partial charge is 0.396 e. The molecule has 0 spiro atoms. The molecule has 9 heteroatoms. The number of β-lactam (4-membered cyclic amide) rings is 1. The van der Waals surface area contributed by atoms with E-state index in [0.29, 0.717) is 10.9 Å². The van der Waals surface area contributed by atoms with Crippen molar-refractivity contribution in [1.29, 1.82) is 0 Å². The zero-order valence-electron chi connectivity index (χ0n) is 14.1. The molecule has 2 rings (SSSR count). The molecule has 24 heavy (non-hydrogen) atoms. The lowest BCUT2D eigenvalue weighted by Gasteiger charge is -2.48. The first kappa shape index (κ1) is 19.4. The van der Waals surface area contributed by atoms with Gasteiger partial charge in [0.2, 0.25) is 5.91 Å². The molecular weight excluding hydrogens is 370 g/mol. The Morgan fingerprint density at radius 1 is 1.25 bits per heavy atom. The molecule has 3 unspecified atom stereocenters. The van der Waals surface area contributed by atoms with Crippen LogP contribution in [-0.4, -0.2) is 39.3 Å². The number of hydrogen-bond donors (Lipinski definition) is 0. The number of nitrogens with zero attached hydrogens (tertiary/aromatic N) is 1. The quantitative estimate of drug-likeness (QED) is 0.406. The highest BCUT2D eigenvalue weighted by atomic mass is 35.7. The average molecular weight is 392 g/mol. The lowest BCUT2D eigenvalue weighted by Crippen LogP contribution is -2.67. The van der Waals surface area contributed by atoms with Gasteiger partial charge in [-0.25, -0.2) is 0 Å². The minimum atomic E-state index is -4.17. The summed E-state index contributed by atoms with van der Waals surface area (Å²) >= 11 is 0. The molecule has 1 saturated heterocycles. The topological polar surface area (TPSA) is 72.9 Å². The second kappa shape index (κ2) is 7.13. The Hall–Kier alpha value is -0.933. The maximum Gasteiger partial charge on any atom is 0.326 e. The highest BCUT2D eigenvalue weighted by Crippen LogP contribution is 2.37. The van der Waals surface area contributed by atoms with Crippen LogP contribution in [0.15, 0.2) is 30.3 Å². The minimum absolute atomic E-state index is 0.332. The van der Waals surface area contributed by atoms with Gasteiger partial charge >= 0.3 is 9.24 Å². The molecule has 1 amide bonds. The molecule has 0 aromatic heterocycles. The Bertz CT molecular complexity index is 692. The fourth-order valence-electron chi connectivity index (χ4n) is 2.51. The summed E-state index contributed by atoms with van der Waals surface area (Å²) < 4.78 is 35.5. The van der Waals surface area contributed by atoms with Crippen molar-refractivity contribution in [1.82, 2.24) is 4.31 Å². The number of carbonyl (C=O) groups is 1. The van der Waals surface area contributed by atoms with Crippen LogP contribution in [0.3, 0.4) is 0 Å². The number of hydrogen-bond acceptors (Lipinski definition) is 5. The van der Waals surface area contributed by atoms with Crippen LogP contribution in [0, 0.1) is 5.92 Å². The highest BCUT2D eigenvalue weighted by Gasteiger charge is 2.57. The molecule has 1 fully saturated rings. The Kier molecular flexibility index (Phi) is 5.76. The van der Waals surface area contributed by atoms with Gasteiger partial charge in [-0.05, 0) is 32.1 Å². The number of rotatable bonds is 7. The molecule has 134 valence electrons. The van der Waals surface area contributed by atoms with Crippen LogP contribution in [0.5, 0.6) is 0 Å². The zero-order chi connectivity index (χ0) is 18.1. The highest BCUT2D eigenvalue weighted by molar-refractivity contribution is 8.12. The lowest BCUT2D eigenvalue weighted by atomic mass is 9.93. The smallest absolute Gasteiger partial charge is 0.326 e. The summed E-state index contributed by atoms with van der Waals surface area (Å²) in [5, 5.41) is 0. The molecule has 1 aromatic rings. The Balaban J connectivity index is 2.10. The van der Waals surface area contributed by atoms with Crippen molar-refractivity contribution >= 4 is 34.1 Å². The van der Waals surface area contributed by atoms with Gasteiger partial charge in [-0.15, -0.1) is 0 Å². The van der Waals surface area contributed by atoms with E-state index in [2.05, 4.69) is 0 Å². The molecule has 0 N–H and O–H groups in total. The Morgan fingerprint density at radius 2 is 1.83 bits per heavy atom. The van der Waals surface area contributed by atoms with E-state index in [0.717, 1.165) is 5.56 Å². The van der Waals surface area contributed by atoms with Crippen LogP contribution in [0.2, 0.25) is 19.6 Å². The standard InChI is InChI=1S/C15H22ClNO5SSi/c1-11(21-10-12-8-6-5-7-9-12)13-14(18)17(23(16,19)20)15(13)22-24(2,3)4/h5-9,11,13,15H,10H2,1-4H3. The van der Waals surface area contributed by atoms with Gasteiger partial charge in [0, 0.05) is 10.7 Å². The van der Waals surface area contributed by atoms with Gasteiger partial charge in [0.25, 0.3) is 0 Å². The lowest BCUT2D eigenvalue weighted by molar-refractivity contribution is -0.176. The Labute approximate surface area is 148 Å². The predicted molar refractivity (Wildman–Crippen MR) is 94.0 cm³/mol. The van der Waals surface area contributed by atoms with Crippen molar-refractivity contribution < 1.29 is 22.4 Å². The first-order valence-electron chi connectivity index (χ1n) is 7.62. The van der Waals surface area contributed by atoms with Crippen molar-refractivity contribution in [3.63, 3.8) is 0 Å². The number of ether oxygens (including phenoxy) is 1. The second-order valence-electron chi connectivity index (χ2n) is 6.72. The summed E-state index contributed by atoms with van der Waals surface area (Å²) in [5.41, 5.74) is 0.973. The van der Waals surface area contributed by atoms with Crippen molar-refractivity contribution in [2.45, 2.75) is 45.5 Å². The second-order valence-corrected chi connectivity index (χ2v) is 13.6. The van der Waals surface area contributed by atoms with E-state index in [9.17, 15) is 13.2 Å². The van der Waals surface area contributed by atoms with Gasteiger partial charge in [-0.2, -0.15) is 12.7 Å². The molecule has 1 aliphatic heterocycles. The first-order valence-corrected chi connectivity index (χ1v) is 13.3.